The number of nitrogens with zero attached hydrogens (tertiary/aromatic N) is 4. The van der Waals surface area contributed by atoms with Crippen LogP contribution in [0.25, 0.3) is 0 Å². The van der Waals surface area contributed by atoms with E-state index in [0.29, 0.717) is 24.7 Å². The van der Waals surface area contributed by atoms with Gasteiger partial charge in [-0.3, -0.25) is 0 Å². The zero-order valence-electron chi connectivity index (χ0n) is 16.4. The van der Waals surface area contributed by atoms with E-state index < -0.39 is 17.9 Å². The molecule has 30 heavy (non-hydrogen) atoms. The Morgan fingerprint density at radius 2 is 1.93 bits per heavy atom. The number of anilines is 1. The first-order chi connectivity index (χ1) is 14.4. The third kappa shape index (κ3) is 3.72. The number of carbonyl (C=O) groups excluding carboxylic acids is 1. The third-order valence-electron chi connectivity index (χ3n) is 5.67. The molecule has 2 aromatic rings. The van der Waals surface area contributed by atoms with E-state index in [0.717, 1.165) is 32.0 Å². The first kappa shape index (κ1) is 19.9. The largest absolute Gasteiger partial charge is 0.465 e. The van der Waals surface area contributed by atoms with Crippen LogP contribution in [0.5, 0.6) is 11.5 Å². The van der Waals surface area contributed by atoms with Crippen LogP contribution in [-0.2, 0) is 4.74 Å². The lowest BCUT2D eigenvalue weighted by molar-refractivity contribution is 0.0597. The van der Waals surface area contributed by atoms with Crippen molar-refractivity contribution < 1.29 is 28.6 Å². The van der Waals surface area contributed by atoms with Gasteiger partial charge in [-0.25, -0.2) is 23.9 Å². The van der Waals surface area contributed by atoms with E-state index in [1.165, 1.54) is 36.7 Å². The Morgan fingerprint density at radius 3 is 2.60 bits per heavy atom. The van der Waals surface area contributed by atoms with Crippen molar-refractivity contribution in [3.8, 4) is 11.5 Å². The Hall–Kier alpha value is -3.43. The maximum Gasteiger partial charge on any atom is 0.407 e. The maximum absolute atomic E-state index is 13.6. The minimum Gasteiger partial charge on any atom is -0.465 e. The molecule has 0 aliphatic carbocycles. The molecule has 2 aliphatic rings. The number of methoxy groups -OCH3 is 1. The van der Waals surface area contributed by atoms with E-state index in [4.69, 9.17) is 14.6 Å². The highest BCUT2D eigenvalue weighted by Gasteiger charge is 2.46. The van der Waals surface area contributed by atoms with Crippen LogP contribution in [0.1, 0.15) is 23.2 Å². The topological polar surface area (TPSA) is 105 Å². The zero-order valence-corrected chi connectivity index (χ0v) is 16.4. The molecule has 2 fully saturated rings. The van der Waals surface area contributed by atoms with Crippen molar-refractivity contribution in [3.05, 3.63) is 42.1 Å². The van der Waals surface area contributed by atoms with Gasteiger partial charge in [-0.1, -0.05) is 0 Å². The van der Waals surface area contributed by atoms with E-state index in [-0.39, 0.29) is 16.7 Å². The van der Waals surface area contributed by atoms with Crippen LogP contribution in [0.15, 0.2) is 30.7 Å². The van der Waals surface area contributed by atoms with Crippen molar-refractivity contribution in [2.24, 2.45) is 5.41 Å². The molecule has 9 nitrogen and oxygen atoms in total. The van der Waals surface area contributed by atoms with Gasteiger partial charge in [0.05, 0.1) is 13.3 Å². The molecule has 1 N–H and O–H groups in total. The van der Waals surface area contributed by atoms with Crippen molar-refractivity contribution >= 4 is 17.9 Å². The van der Waals surface area contributed by atoms with Crippen molar-refractivity contribution in [3.63, 3.8) is 0 Å². The molecule has 1 spiro atoms. The molecule has 158 valence electrons. The average molecular weight is 416 g/mol. The summed E-state index contributed by atoms with van der Waals surface area (Å²) in [6.45, 7) is 2.49. The number of ether oxygens (including phenoxy) is 2. The Labute approximate surface area is 172 Å². The Balaban J connectivity index is 1.50. The van der Waals surface area contributed by atoms with Gasteiger partial charge in [-0.2, -0.15) is 0 Å². The Bertz CT molecular complexity index is 969. The van der Waals surface area contributed by atoms with E-state index in [9.17, 15) is 14.0 Å². The minimum absolute atomic E-state index is 0.0339. The SMILES string of the molecule is COC(=O)c1cc(F)ccc1Oc1cncnc1N1CC2(CCN(C(=O)O)CC2)C1. The van der Waals surface area contributed by atoms with Gasteiger partial charge in [0.2, 0.25) is 0 Å². The summed E-state index contributed by atoms with van der Waals surface area (Å²) in [6, 6.07) is 3.61. The predicted octanol–water partition coefficient (Wildman–Crippen LogP) is 2.77. The zero-order chi connectivity index (χ0) is 21.3. The highest BCUT2D eigenvalue weighted by molar-refractivity contribution is 5.92. The summed E-state index contributed by atoms with van der Waals surface area (Å²) < 4.78 is 24.2. The number of piperidine rings is 1. The van der Waals surface area contributed by atoms with Crippen LogP contribution in [-0.4, -0.2) is 65.3 Å². The lowest BCUT2D eigenvalue weighted by Gasteiger charge is -2.54. The van der Waals surface area contributed by atoms with E-state index in [1.807, 2.05) is 4.90 Å². The number of benzene rings is 1. The number of rotatable bonds is 4. The molecule has 10 heteroatoms. The molecule has 3 heterocycles. The molecule has 0 atom stereocenters. The number of halogens is 1. The highest BCUT2D eigenvalue weighted by Crippen LogP contribution is 2.44. The fraction of sp³-hybridized carbons (Fsp3) is 0.400. The highest BCUT2D eigenvalue weighted by atomic mass is 19.1. The van der Waals surface area contributed by atoms with Crippen molar-refractivity contribution in [2.75, 3.05) is 38.2 Å². The van der Waals surface area contributed by atoms with Crippen LogP contribution < -0.4 is 9.64 Å². The molecular formula is C20H21FN4O5. The quantitative estimate of drug-likeness (QED) is 0.759. The van der Waals surface area contributed by atoms with Gasteiger partial charge in [-0.15, -0.1) is 0 Å². The lowest BCUT2D eigenvalue weighted by atomic mass is 9.72. The van der Waals surface area contributed by atoms with Crippen LogP contribution >= 0.6 is 0 Å². The van der Waals surface area contributed by atoms with E-state index >= 15 is 0 Å². The number of carboxylic acid groups (broad SMARTS) is 1. The van der Waals surface area contributed by atoms with Gasteiger partial charge in [-0.05, 0) is 31.0 Å². The Morgan fingerprint density at radius 1 is 1.20 bits per heavy atom. The fourth-order valence-electron chi connectivity index (χ4n) is 4.00. The minimum atomic E-state index is -0.881. The number of amides is 1. The van der Waals surface area contributed by atoms with Gasteiger partial charge in [0.25, 0.3) is 0 Å². The van der Waals surface area contributed by atoms with Crippen LogP contribution in [0.4, 0.5) is 15.0 Å². The average Bonchev–Trinajstić information content (AvgIpc) is 2.73. The standard InChI is InChI=1S/C20H21FN4O5/c1-29-18(26)14-8-13(21)2-3-15(14)30-16-9-22-12-23-17(16)25-10-20(11-25)4-6-24(7-5-20)19(27)28/h2-3,8-9,12H,4-7,10-11H2,1H3,(H,27,28). The summed E-state index contributed by atoms with van der Waals surface area (Å²) in [5.74, 6) is -0.242. The summed E-state index contributed by atoms with van der Waals surface area (Å²) in [5.41, 5.74) is 0.0229. The number of hydrogen-bond donors (Lipinski definition) is 1. The number of carbonyl (C=O) groups is 2. The van der Waals surface area contributed by atoms with Crippen molar-refractivity contribution in [1.29, 1.82) is 0 Å². The third-order valence-corrected chi connectivity index (χ3v) is 5.67. The monoisotopic (exact) mass is 416 g/mol. The normalized spacial score (nSPS) is 17.4. The van der Waals surface area contributed by atoms with Gasteiger partial charge in [0.15, 0.2) is 11.6 Å². The molecule has 2 aliphatic heterocycles. The van der Waals surface area contributed by atoms with Crippen LogP contribution in [0, 0.1) is 11.2 Å². The number of aromatic nitrogens is 2. The van der Waals surface area contributed by atoms with Crippen LogP contribution in [0.2, 0.25) is 0 Å². The molecule has 1 aromatic heterocycles. The van der Waals surface area contributed by atoms with Gasteiger partial charge in [0.1, 0.15) is 23.5 Å². The second-order valence-corrected chi connectivity index (χ2v) is 7.57. The Kier molecular flexibility index (Phi) is 5.15. The smallest absolute Gasteiger partial charge is 0.407 e. The molecule has 0 saturated carbocycles. The second kappa shape index (κ2) is 7.77. The number of likely N-dealkylation sites (tertiary alicyclic amines) is 1. The van der Waals surface area contributed by atoms with E-state index in [1.54, 1.807) is 0 Å². The molecule has 4 rings (SSSR count). The number of esters is 1. The van der Waals surface area contributed by atoms with Crippen LogP contribution in [0.3, 0.4) is 0 Å². The molecule has 0 unspecified atom stereocenters. The maximum atomic E-state index is 13.6. The summed E-state index contributed by atoms with van der Waals surface area (Å²) in [5, 5.41) is 9.13. The molecule has 1 amide bonds. The fourth-order valence-corrected chi connectivity index (χ4v) is 4.00. The number of hydrogen-bond acceptors (Lipinski definition) is 7. The summed E-state index contributed by atoms with van der Waals surface area (Å²) in [6.07, 6.45) is 3.60. The first-order valence-electron chi connectivity index (χ1n) is 9.49. The van der Waals surface area contributed by atoms with Crippen molar-refractivity contribution in [2.45, 2.75) is 12.8 Å². The molecular weight excluding hydrogens is 395 g/mol. The second-order valence-electron chi connectivity index (χ2n) is 7.57. The molecule has 2 saturated heterocycles. The lowest BCUT2D eigenvalue weighted by Crippen LogP contribution is -2.61. The van der Waals surface area contributed by atoms with Gasteiger partial charge >= 0.3 is 12.1 Å². The van der Waals surface area contributed by atoms with Gasteiger partial charge < -0.3 is 24.4 Å². The predicted molar refractivity (Wildman–Crippen MR) is 103 cm³/mol. The van der Waals surface area contributed by atoms with Gasteiger partial charge in [0, 0.05) is 31.6 Å². The van der Waals surface area contributed by atoms with Crippen molar-refractivity contribution in [1.82, 2.24) is 14.9 Å². The summed E-state index contributed by atoms with van der Waals surface area (Å²) in [7, 11) is 1.21. The summed E-state index contributed by atoms with van der Waals surface area (Å²) in [4.78, 5) is 34.9. The van der Waals surface area contributed by atoms with E-state index in [2.05, 4.69) is 9.97 Å². The summed E-state index contributed by atoms with van der Waals surface area (Å²) >= 11 is 0. The molecule has 0 bridgehead atoms. The molecule has 1 aromatic carbocycles. The first-order valence-corrected chi connectivity index (χ1v) is 9.49. The molecule has 0 radical (unpaired) electrons.